The summed E-state index contributed by atoms with van der Waals surface area (Å²) in [4.78, 5) is 11.5. The number of rotatable bonds is 5. The van der Waals surface area contributed by atoms with Gasteiger partial charge < -0.3 is 11.1 Å². The standard InChI is InChI=1S/C11H14F2N2O/c12-10(13)8-2-4-9(5-3-8)11(16)15-7-1-6-14/h2-5,10H,1,6-7,14H2,(H,15,16). The molecule has 0 fully saturated rings. The lowest BCUT2D eigenvalue weighted by atomic mass is 10.1. The minimum atomic E-state index is -2.51. The van der Waals surface area contributed by atoms with E-state index in [1.54, 1.807) is 0 Å². The first-order chi connectivity index (χ1) is 7.65. The summed E-state index contributed by atoms with van der Waals surface area (Å²) in [5.74, 6) is -0.269. The minimum absolute atomic E-state index is 0.0847. The van der Waals surface area contributed by atoms with Gasteiger partial charge in [-0.3, -0.25) is 4.79 Å². The summed E-state index contributed by atoms with van der Waals surface area (Å²) >= 11 is 0. The van der Waals surface area contributed by atoms with Crippen molar-refractivity contribution in [3.8, 4) is 0 Å². The Morgan fingerprint density at radius 1 is 1.31 bits per heavy atom. The molecule has 3 nitrogen and oxygen atoms in total. The fourth-order valence-electron chi connectivity index (χ4n) is 1.19. The Kier molecular flexibility index (Phi) is 4.85. The highest BCUT2D eigenvalue weighted by atomic mass is 19.3. The lowest BCUT2D eigenvalue weighted by molar-refractivity contribution is 0.0953. The summed E-state index contributed by atoms with van der Waals surface area (Å²) < 4.78 is 24.5. The zero-order chi connectivity index (χ0) is 12.0. The average molecular weight is 228 g/mol. The smallest absolute Gasteiger partial charge is 0.263 e. The van der Waals surface area contributed by atoms with Gasteiger partial charge in [0.1, 0.15) is 0 Å². The zero-order valence-electron chi connectivity index (χ0n) is 8.75. The second-order valence-corrected chi connectivity index (χ2v) is 3.32. The van der Waals surface area contributed by atoms with Crippen molar-refractivity contribution in [1.82, 2.24) is 5.32 Å². The zero-order valence-corrected chi connectivity index (χ0v) is 8.75. The van der Waals surface area contributed by atoms with E-state index in [1.165, 1.54) is 24.3 Å². The van der Waals surface area contributed by atoms with Gasteiger partial charge in [0, 0.05) is 17.7 Å². The molecular weight excluding hydrogens is 214 g/mol. The molecule has 0 aliphatic heterocycles. The Morgan fingerprint density at radius 3 is 2.44 bits per heavy atom. The molecule has 1 aromatic rings. The van der Waals surface area contributed by atoms with E-state index in [-0.39, 0.29) is 11.5 Å². The van der Waals surface area contributed by atoms with Gasteiger partial charge in [0.25, 0.3) is 12.3 Å². The molecule has 1 aromatic carbocycles. The first kappa shape index (κ1) is 12.6. The summed E-state index contributed by atoms with van der Waals surface area (Å²) in [5.41, 5.74) is 5.56. The van der Waals surface area contributed by atoms with E-state index in [2.05, 4.69) is 5.32 Å². The van der Waals surface area contributed by atoms with E-state index in [0.717, 1.165) is 0 Å². The number of hydrogen-bond donors (Lipinski definition) is 2. The lowest BCUT2D eigenvalue weighted by Crippen LogP contribution is -2.25. The Bertz CT molecular complexity index is 338. The lowest BCUT2D eigenvalue weighted by Gasteiger charge is -2.05. The van der Waals surface area contributed by atoms with Crippen molar-refractivity contribution in [3.63, 3.8) is 0 Å². The fourth-order valence-corrected chi connectivity index (χ4v) is 1.19. The summed E-state index contributed by atoms with van der Waals surface area (Å²) in [6.45, 7) is 0.997. The Morgan fingerprint density at radius 2 is 1.94 bits per heavy atom. The SMILES string of the molecule is NCCCNC(=O)c1ccc(C(F)F)cc1. The van der Waals surface area contributed by atoms with Gasteiger partial charge in [0.2, 0.25) is 0 Å². The molecule has 0 heterocycles. The second kappa shape index (κ2) is 6.17. The van der Waals surface area contributed by atoms with Crippen molar-refractivity contribution in [2.45, 2.75) is 12.8 Å². The van der Waals surface area contributed by atoms with E-state index < -0.39 is 6.43 Å². The van der Waals surface area contributed by atoms with Crippen LogP contribution < -0.4 is 11.1 Å². The van der Waals surface area contributed by atoms with E-state index in [0.29, 0.717) is 25.1 Å². The molecule has 0 bridgehead atoms. The van der Waals surface area contributed by atoms with Crippen LogP contribution in [0.15, 0.2) is 24.3 Å². The highest BCUT2D eigenvalue weighted by Crippen LogP contribution is 2.18. The molecule has 5 heteroatoms. The highest BCUT2D eigenvalue weighted by molar-refractivity contribution is 5.94. The quantitative estimate of drug-likeness (QED) is 0.754. The maximum Gasteiger partial charge on any atom is 0.263 e. The third kappa shape index (κ3) is 3.58. The summed E-state index contributed by atoms with van der Waals surface area (Å²) in [5, 5.41) is 2.64. The first-order valence-electron chi connectivity index (χ1n) is 5.01. The van der Waals surface area contributed by atoms with Crippen LogP contribution in [0.4, 0.5) is 8.78 Å². The molecular formula is C11H14F2N2O. The Hall–Kier alpha value is -1.49. The van der Waals surface area contributed by atoms with Gasteiger partial charge in [0.05, 0.1) is 0 Å². The number of halogens is 2. The number of nitrogens with two attached hydrogens (primary N) is 1. The number of amides is 1. The molecule has 1 rings (SSSR count). The monoisotopic (exact) mass is 228 g/mol. The number of benzene rings is 1. The summed E-state index contributed by atoms with van der Waals surface area (Å²) in [7, 11) is 0. The Labute approximate surface area is 92.6 Å². The van der Waals surface area contributed by atoms with Crippen LogP contribution in [-0.4, -0.2) is 19.0 Å². The molecule has 0 aromatic heterocycles. The van der Waals surface area contributed by atoms with Gasteiger partial charge in [-0.1, -0.05) is 12.1 Å². The number of carbonyl (C=O) groups is 1. The fraction of sp³-hybridized carbons (Fsp3) is 0.364. The van der Waals surface area contributed by atoms with E-state index in [9.17, 15) is 13.6 Å². The minimum Gasteiger partial charge on any atom is -0.352 e. The van der Waals surface area contributed by atoms with Crippen molar-refractivity contribution in [3.05, 3.63) is 35.4 Å². The molecule has 3 N–H and O–H groups in total. The third-order valence-corrected chi connectivity index (χ3v) is 2.09. The topological polar surface area (TPSA) is 55.1 Å². The molecule has 88 valence electrons. The number of carbonyl (C=O) groups excluding carboxylic acids is 1. The summed E-state index contributed by atoms with van der Waals surface area (Å²) in [6.07, 6.45) is -1.81. The van der Waals surface area contributed by atoms with Gasteiger partial charge >= 0.3 is 0 Å². The van der Waals surface area contributed by atoms with Gasteiger partial charge in [-0.05, 0) is 25.1 Å². The van der Waals surface area contributed by atoms with Crippen LogP contribution in [0.5, 0.6) is 0 Å². The molecule has 0 saturated heterocycles. The molecule has 0 atom stereocenters. The van der Waals surface area contributed by atoms with Crippen molar-refractivity contribution in [2.24, 2.45) is 5.73 Å². The molecule has 0 unspecified atom stereocenters. The first-order valence-corrected chi connectivity index (χ1v) is 5.01. The van der Waals surface area contributed by atoms with Gasteiger partial charge in [0.15, 0.2) is 0 Å². The molecule has 16 heavy (non-hydrogen) atoms. The van der Waals surface area contributed by atoms with Crippen molar-refractivity contribution >= 4 is 5.91 Å². The van der Waals surface area contributed by atoms with Crippen LogP contribution >= 0.6 is 0 Å². The van der Waals surface area contributed by atoms with Gasteiger partial charge in [-0.2, -0.15) is 0 Å². The molecule has 0 radical (unpaired) electrons. The summed E-state index contributed by atoms with van der Waals surface area (Å²) in [6, 6.07) is 5.28. The van der Waals surface area contributed by atoms with Gasteiger partial charge in [-0.25, -0.2) is 8.78 Å². The number of hydrogen-bond acceptors (Lipinski definition) is 2. The van der Waals surface area contributed by atoms with Gasteiger partial charge in [-0.15, -0.1) is 0 Å². The third-order valence-electron chi connectivity index (χ3n) is 2.09. The van der Waals surface area contributed by atoms with Crippen LogP contribution in [0.2, 0.25) is 0 Å². The molecule has 0 spiro atoms. The molecule has 0 aliphatic rings. The normalized spacial score (nSPS) is 10.5. The van der Waals surface area contributed by atoms with E-state index in [1.807, 2.05) is 0 Å². The van der Waals surface area contributed by atoms with E-state index in [4.69, 9.17) is 5.73 Å². The van der Waals surface area contributed by atoms with Crippen LogP contribution in [0.1, 0.15) is 28.8 Å². The highest BCUT2D eigenvalue weighted by Gasteiger charge is 2.08. The predicted octanol–water partition coefficient (Wildman–Crippen LogP) is 1.70. The molecule has 0 saturated carbocycles. The number of nitrogens with one attached hydrogen (secondary N) is 1. The average Bonchev–Trinajstić information content (AvgIpc) is 2.29. The molecule has 0 aliphatic carbocycles. The maximum absolute atomic E-state index is 12.2. The van der Waals surface area contributed by atoms with Crippen LogP contribution in [0, 0.1) is 0 Å². The van der Waals surface area contributed by atoms with Crippen molar-refractivity contribution in [2.75, 3.05) is 13.1 Å². The predicted molar refractivity (Wildman–Crippen MR) is 57.4 cm³/mol. The second-order valence-electron chi connectivity index (χ2n) is 3.32. The largest absolute Gasteiger partial charge is 0.352 e. The van der Waals surface area contributed by atoms with Crippen LogP contribution in [-0.2, 0) is 0 Å². The Balaban J connectivity index is 2.56. The molecule has 1 amide bonds. The van der Waals surface area contributed by atoms with Crippen LogP contribution in [0.3, 0.4) is 0 Å². The van der Waals surface area contributed by atoms with Crippen LogP contribution in [0.25, 0.3) is 0 Å². The van der Waals surface area contributed by atoms with Crippen molar-refractivity contribution in [1.29, 1.82) is 0 Å². The van der Waals surface area contributed by atoms with Crippen molar-refractivity contribution < 1.29 is 13.6 Å². The maximum atomic E-state index is 12.2. The van der Waals surface area contributed by atoms with E-state index >= 15 is 0 Å². The number of alkyl halides is 2.